The summed E-state index contributed by atoms with van der Waals surface area (Å²) in [5.41, 5.74) is -0.0174. The third-order valence-corrected chi connectivity index (χ3v) is 2.75. The van der Waals surface area contributed by atoms with Crippen molar-refractivity contribution in [3.05, 3.63) is 58.4 Å². The molecule has 0 bridgehead atoms. The number of hydrogen-bond donors (Lipinski definition) is 0. The van der Waals surface area contributed by atoms with Crippen molar-refractivity contribution in [1.29, 1.82) is 5.26 Å². The summed E-state index contributed by atoms with van der Waals surface area (Å²) in [4.78, 5) is 11.5. The van der Waals surface area contributed by atoms with Crippen molar-refractivity contribution >= 4 is 21.7 Å². The first-order chi connectivity index (χ1) is 8.29. The number of benzene rings is 2. The minimum absolute atomic E-state index is 0.0350. The Morgan fingerprint density at radius 2 is 1.82 bits per heavy atom. The van der Waals surface area contributed by atoms with Crippen molar-refractivity contribution in [2.24, 2.45) is 0 Å². The second-order valence-electron chi connectivity index (χ2n) is 3.76. The molecule has 0 saturated heterocycles. The van der Waals surface area contributed by atoms with E-state index in [4.69, 9.17) is 9.68 Å². The summed E-state index contributed by atoms with van der Waals surface area (Å²) in [7, 11) is 0. The van der Waals surface area contributed by atoms with Crippen LogP contribution in [0.25, 0.3) is 21.7 Å². The highest BCUT2D eigenvalue weighted by Crippen LogP contribution is 2.24. The molecule has 3 aromatic rings. The van der Waals surface area contributed by atoms with E-state index in [0.717, 1.165) is 16.2 Å². The molecule has 3 rings (SSSR count). The largest absolute Gasteiger partial charge is 0.421 e. The lowest BCUT2D eigenvalue weighted by molar-refractivity contribution is 0.561. The first-order valence-electron chi connectivity index (χ1n) is 5.15. The normalized spacial score (nSPS) is 10.5. The average Bonchev–Trinajstić information content (AvgIpc) is 2.38. The predicted octanol–water partition coefficient (Wildman–Crippen LogP) is 2.82. The smallest absolute Gasteiger partial charge is 0.354 e. The zero-order valence-electron chi connectivity index (χ0n) is 8.81. The van der Waals surface area contributed by atoms with Crippen molar-refractivity contribution in [1.82, 2.24) is 0 Å². The van der Waals surface area contributed by atoms with Crippen LogP contribution in [0.15, 0.2) is 51.7 Å². The predicted molar refractivity (Wildman–Crippen MR) is 64.7 cm³/mol. The van der Waals surface area contributed by atoms with Crippen LogP contribution in [0.3, 0.4) is 0 Å². The van der Waals surface area contributed by atoms with E-state index in [1.807, 2.05) is 42.5 Å². The summed E-state index contributed by atoms with van der Waals surface area (Å²) >= 11 is 0. The summed E-state index contributed by atoms with van der Waals surface area (Å²) in [6.07, 6.45) is 0. The molecular formula is C14H7NO2. The molecule has 0 aliphatic rings. The Labute approximate surface area is 96.5 Å². The second kappa shape index (κ2) is 3.46. The molecule has 0 N–H and O–H groups in total. The highest BCUT2D eigenvalue weighted by Gasteiger charge is 2.07. The van der Waals surface area contributed by atoms with Gasteiger partial charge in [-0.05, 0) is 11.5 Å². The third-order valence-electron chi connectivity index (χ3n) is 2.75. The van der Waals surface area contributed by atoms with Crippen molar-refractivity contribution in [2.75, 3.05) is 0 Å². The lowest BCUT2D eigenvalue weighted by atomic mass is 10.1. The van der Waals surface area contributed by atoms with Gasteiger partial charge in [-0.25, -0.2) is 4.79 Å². The Hall–Kier alpha value is -2.60. The van der Waals surface area contributed by atoms with Crippen LogP contribution in [0.5, 0.6) is 0 Å². The van der Waals surface area contributed by atoms with Crippen LogP contribution in [0.4, 0.5) is 0 Å². The number of nitriles is 1. The van der Waals surface area contributed by atoms with Gasteiger partial charge >= 0.3 is 5.63 Å². The Kier molecular flexibility index (Phi) is 1.96. The van der Waals surface area contributed by atoms with Gasteiger partial charge < -0.3 is 4.42 Å². The van der Waals surface area contributed by atoms with Crippen LogP contribution in [-0.4, -0.2) is 0 Å². The Morgan fingerprint density at radius 3 is 2.65 bits per heavy atom. The van der Waals surface area contributed by atoms with Crippen LogP contribution in [0, 0.1) is 11.3 Å². The molecule has 0 spiro atoms. The second-order valence-corrected chi connectivity index (χ2v) is 3.76. The Bertz CT molecular complexity index is 825. The van der Waals surface area contributed by atoms with E-state index < -0.39 is 5.63 Å². The number of nitrogens with zero attached hydrogens (tertiary/aromatic N) is 1. The zero-order valence-corrected chi connectivity index (χ0v) is 8.81. The molecule has 3 heteroatoms. The van der Waals surface area contributed by atoms with Gasteiger partial charge in [-0.1, -0.05) is 36.4 Å². The number of rotatable bonds is 0. The van der Waals surface area contributed by atoms with Crippen LogP contribution in [0.2, 0.25) is 0 Å². The van der Waals surface area contributed by atoms with Gasteiger partial charge in [-0.15, -0.1) is 0 Å². The van der Waals surface area contributed by atoms with E-state index in [9.17, 15) is 4.79 Å². The highest BCUT2D eigenvalue weighted by atomic mass is 16.4. The molecule has 2 aromatic carbocycles. The highest BCUT2D eigenvalue weighted by molar-refractivity contribution is 6.03. The van der Waals surface area contributed by atoms with Crippen molar-refractivity contribution in [3.8, 4) is 6.07 Å². The van der Waals surface area contributed by atoms with E-state index >= 15 is 0 Å². The SMILES string of the molecule is N#Cc1cc2ccc3ccccc3c2oc1=O. The molecule has 3 nitrogen and oxygen atoms in total. The van der Waals surface area contributed by atoms with Crippen molar-refractivity contribution < 1.29 is 4.42 Å². The molecule has 0 aliphatic carbocycles. The van der Waals surface area contributed by atoms with E-state index in [1.54, 1.807) is 6.07 Å². The maximum Gasteiger partial charge on any atom is 0.354 e. The fraction of sp³-hybridized carbons (Fsp3) is 0. The monoisotopic (exact) mass is 221 g/mol. The molecular weight excluding hydrogens is 214 g/mol. The summed E-state index contributed by atoms with van der Waals surface area (Å²) < 4.78 is 5.22. The van der Waals surface area contributed by atoms with E-state index in [-0.39, 0.29) is 5.56 Å². The quantitative estimate of drug-likeness (QED) is 0.433. The molecule has 0 atom stereocenters. The maximum absolute atomic E-state index is 11.5. The third kappa shape index (κ3) is 1.39. The van der Waals surface area contributed by atoms with Gasteiger partial charge in [0, 0.05) is 10.8 Å². The van der Waals surface area contributed by atoms with Gasteiger partial charge in [0.25, 0.3) is 0 Å². The van der Waals surface area contributed by atoms with E-state index in [0.29, 0.717) is 5.58 Å². The first kappa shape index (κ1) is 9.61. The fourth-order valence-electron chi connectivity index (χ4n) is 1.93. The summed E-state index contributed by atoms with van der Waals surface area (Å²) in [6, 6.07) is 14.8. The summed E-state index contributed by atoms with van der Waals surface area (Å²) in [5.74, 6) is 0. The molecule has 80 valence electrons. The molecule has 1 aromatic heterocycles. The van der Waals surface area contributed by atoms with Crippen molar-refractivity contribution in [3.63, 3.8) is 0 Å². The Balaban J connectivity index is 2.56. The zero-order chi connectivity index (χ0) is 11.8. The summed E-state index contributed by atoms with van der Waals surface area (Å²) in [5, 5.41) is 11.4. The molecule has 1 heterocycles. The van der Waals surface area contributed by atoms with Gasteiger partial charge in [0.15, 0.2) is 0 Å². The van der Waals surface area contributed by atoms with Gasteiger partial charge in [-0.3, -0.25) is 0 Å². The maximum atomic E-state index is 11.5. The lowest BCUT2D eigenvalue weighted by Crippen LogP contribution is -2.03. The van der Waals surface area contributed by atoms with Crippen LogP contribution < -0.4 is 5.63 Å². The minimum Gasteiger partial charge on any atom is -0.421 e. The van der Waals surface area contributed by atoms with Gasteiger partial charge in [0.2, 0.25) is 0 Å². The molecule has 0 amide bonds. The van der Waals surface area contributed by atoms with Crippen LogP contribution in [0.1, 0.15) is 5.56 Å². The van der Waals surface area contributed by atoms with Crippen molar-refractivity contribution in [2.45, 2.75) is 0 Å². The Morgan fingerprint density at radius 1 is 1.06 bits per heavy atom. The molecule has 0 aliphatic heterocycles. The number of hydrogen-bond acceptors (Lipinski definition) is 3. The topological polar surface area (TPSA) is 54.0 Å². The van der Waals surface area contributed by atoms with E-state index in [1.165, 1.54) is 0 Å². The fourth-order valence-corrected chi connectivity index (χ4v) is 1.93. The molecule has 0 fully saturated rings. The van der Waals surface area contributed by atoms with Gasteiger partial charge in [0.05, 0.1) is 0 Å². The summed E-state index contributed by atoms with van der Waals surface area (Å²) in [6.45, 7) is 0. The molecule has 0 unspecified atom stereocenters. The lowest BCUT2D eigenvalue weighted by Gasteiger charge is -2.01. The first-order valence-corrected chi connectivity index (χ1v) is 5.15. The van der Waals surface area contributed by atoms with Gasteiger partial charge in [-0.2, -0.15) is 5.26 Å². The molecule has 0 radical (unpaired) electrons. The molecule has 0 saturated carbocycles. The molecule has 17 heavy (non-hydrogen) atoms. The van der Waals surface area contributed by atoms with Gasteiger partial charge in [0.1, 0.15) is 17.2 Å². The van der Waals surface area contributed by atoms with Crippen LogP contribution >= 0.6 is 0 Å². The van der Waals surface area contributed by atoms with E-state index in [2.05, 4.69) is 0 Å². The van der Waals surface area contributed by atoms with Crippen LogP contribution in [-0.2, 0) is 0 Å². The standard InChI is InChI=1S/C14H7NO2/c15-8-11-7-10-6-5-9-3-1-2-4-12(9)13(10)17-14(11)16/h1-7H. The average molecular weight is 221 g/mol. The number of fused-ring (bicyclic) bond motifs is 3. The minimum atomic E-state index is -0.587.